The van der Waals surface area contributed by atoms with Crippen molar-refractivity contribution < 1.29 is 14.3 Å². The molecular weight excluding hydrogens is 280 g/mol. The first kappa shape index (κ1) is 18.0. The maximum atomic E-state index is 11.8. The summed E-state index contributed by atoms with van der Waals surface area (Å²) in [6, 6.07) is 7.49. The number of carbonyl (C=O) groups is 2. The van der Waals surface area contributed by atoms with Gasteiger partial charge in [-0.05, 0) is 31.0 Å². The van der Waals surface area contributed by atoms with E-state index in [1.54, 1.807) is 0 Å². The average molecular weight is 306 g/mol. The fourth-order valence-electron chi connectivity index (χ4n) is 1.95. The van der Waals surface area contributed by atoms with Crippen molar-refractivity contribution in [2.45, 2.75) is 39.5 Å². The third-order valence-corrected chi connectivity index (χ3v) is 3.13. The van der Waals surface area contributed by atoms with Crippen LogP contribution in [0, 0.1) is 0 Å². The number of carbonyl (C=O) groups excluding carboxylic acids is 2. The molecule has 0 radical (unpaired) electrons. The molecule has 2 N–H and O–H groups in total. The largest absolute Gasteiger partial charge is 0.494 e. The van der Waals surface area contributed by atoms with Crippen molar-refractivity contribution in [2.24, 2.45) is 0 Å². The highest BCUT2D eigenvalue weighted by atomic mass is 16.5. The highest BCUT2D eigenvalue weighted by Gasteiger charge is 2.04. The van der Waals surface area contributed by atoms with Crippen LogP contribution >= 0.6 is 0 Å². The molecule has 0 aliphatic carbocycles. The summed E-state index contributed by atoms with van der Waals surface area (Å²) in [6.45, 7) is 5.53. The summed E-state index contributed by atoms with van der Waals surface area (Å²) in [5.41, 5.74) is 0.938. The third-order valence-electron chi connectivity index (χ3n) is 3.13. The number of hydrogen-bond donors (Lipinski definition) is 2. The lowest BCUT2D eigenvalue weighted by Crippen LogP contribution is -2.35. The van der Waals surface area contributed by atoms with E-state index in [-0.39, 0.29) is 11.8 Å². The summed E-state index contributed by atoms with van der Waals surface area (Å²) in [7, 11) is 0. The molecule has 0 fully saturated rings. The molecule has 2 amide bonds. The second-order valence-electron chi connectivity index (χ2n) is 5.06. The smallest absolute Gasteiger partial charge is 0.224 e. The molecule has 0 atom stereocenters. The zero-order valence-electron chi connectivity index (χ0n) is 13.5. The van der Waals surface area contributed by atoms with Gasteiger partial charge in [-0.1, -0.05) is 25.5 Å². The van der Waals surface area contributed by atoms with Gasteiger partial charge in [0.2, 0.25) is 11.8 Å². The monoisotopic (exact) mass is 306 g/mol. The molecule has 0 saturated heterocycles. The van der Waals surface area contributed by atoms with Gasteiger partial charge < -0.3 is 15.4 Å². The molecule has 0 saturated carbocycles. The molecule has 0 heterocycles. The molecule has 0 aliphatic heterocycles. The Morgan fingerprint density at radius 3 is 2.23 bits per heavy atom. The van der Waals surface area contributed by atoms with E-state index >= 15 is 0 Å². The van der Waals surface area contributed by atoms with Crippen LogP contribution < -0.4 is 15.4 Å². The van der Waals surface area contributed by atoms with Gasteiger partial charge in [-0.25, -0.2) is 0 Å². The standard InChI is InChI=1S/C17H26N2O3/c1-3-5-6-16(20)18-11-12-19-17(21)13-14-7-9-15(10-8-14)22-4-2/h7-10H,3-6,11-13H2,1-2H3,(H,18,20)(H,19,21). The number of rotatable bonds is 10. The Balaban J connectivity index is 2.19. The zero-order chi connectivity index (χ0) is 16.2. The van der Waals surface area contributed by atoms with Crippen LogP contribution in [-0.2, 0) is 16.0 Å². The maximum Gasteiger partial charge on any atom is 0.224 e. The lowest BCUT2D eigenvalue weighted by Gasteiger charge is -2.08. The van der Waals surface area contributed by atoms with Crippen LogP contribution in [0.2, 0.25) is 0 Å². The van der Waals surface area contributed by atoms with Crippen molar-refractivity contribution in [3.05, 3.63) is 29.8 Å². The topological polar surface area (TPSA) is 67.4 Å². The molecule has 0 unspecified atom stereocenters. The first-order valence-electron chi connectivity index (χ1n) is 7.90. The minimum absolute atomic E-state index is 0.0441. The van der Waals surface area contributed by atoms with E-state index in [9.17, 15) is 9.59 Å². The Bertz CT molecular complexity index is 457. The van der Waals surface area contributed by atoms with Gasteiger partial charge in [0.05, 0.1) is 13.0 Å². The van der Waals surface area contributed by atoms with Gasteiger partial charge in [0.15, 0.2) is 0 Å². The van der Waals surface area contributed by atoms with Crippen LogP contribution in [0.1, 0.15) is 38.7 Å². The van der Waals surface area contributed by atoms with Crippen molar-refractivity contribution in [3.8, 4) is 5.75 Å². The number of unbranched alkanes of at least 4 members (excludes halogenated alkanes) is 1. The van der Waals surface area contributed by atoms with E-state index < -0.39 is 0 Å². The van der Waals surface area contributed by atoms with E-state index in [4.69, 9.17) is 4.74 Å². The fraction of sp³-hybridized carbons (Fsp3) is 0.529. The SMILES string of the molecule is CCCCC(=O)NCCNC(=O)Cc1ccc(OCC)cc1. The molecule has 0 spiro atoms. The molecule has 1 aromatic rings. The lowest BCUT2D eigenvalue weighted by atomic mass is 10.1. The first-order valence-corrected chi connectivity index (χ1v) is 7.90. The number of benzene rings is 1. The van der Waals surface area contributed by atoms with Gasteiger partial charge in [0, 0.05) is 19.5 Å². The zero-order valence-corrected chi connectivity index (χ0v) is 13.5. The second-order valence-corrected chi connectivity index (χ2v) is 5.06. The highest BCUT2D eigenvalue weighted by molar-refractivity contribution is 5.79. The van der Waals surface area contributed by atoms with Gasteiger partial charge in [0.25, 0.3) is 0 Å². The van der Waals surface area contributed by atoms with E-state index in [2.05, 4.69) is 17.6 Å². The average Bonchev–Trinajstić information content (AvgIpc) is 2.52. The molecule has 0 bridgehead atoms. The van der Waals surface area contributed by atoms with Crippen LogP contribution in [0.15, 0.2) is 24.3 Å². The third kappa shape index (κ3) is 7.67. The van der Waals surface area contributed by atoms with Crippen molar-refractivity contribution in [2.75, 3.05) is 19.7 Å². The van der Waals surface area contributed by atoms with E-state index in [1.165, 1.54) is 0 Å². The van der Waals surface area contributed by atoms with Gasteiger partial charge in [-0.3, -0.25) is 9.59 Å². The molecule has 0 aromatic heterocycles. The van der Waals surface area contributed by atoms with Gasteiger partial charge >= 0.3 is 0 Å². The molecule has 1 aromatic carbocycles. The number of hydrogen-bond acceptors (Lipinski definition) is 3. The molecule has 0 aliphatic rings. The van der Waals surface area contributed by atoms with Crippen molar-refractivity contribution in [1.82, 2.24) is 10.6 Å². The molecule has 1 rings (SSSR count). The number of amides is 2. The molecular formula is C17H26N2O3. The Morgan fingerprint density at radius 1 is 1.00 bits per heavy atom. The summed E-state index contributed by atoms with van der Waals surface area (Å²) in [5, 5.41) is 5.59. The van der Waals surface area contributed by atoms with Crippen molar-refractivity contribution >= 4 is 11.8 Å². The number of nitrogens with one attached hydrogen (secondary N) is 2. The summed E-state index contributed by atoms with van der Waals surface area (Å²) >= 11 is 0. The summed E-state index contributed by atoms with van der Waals surface area (Å²) in [4.78, 5) is 23.2. The Labute approximate surface area is 132 Å². The van der Waals surface area contributed by atoms with Crippen LogP contribution in [0.4, 0.5) is 0 Å². The lowest BCUT2D eigenvalue weighted by molar-refractivity contribution is -0.122. The van der Waals surface area contributed by atoms with Crippen LogP contribution in [0.3, 0.4) is 0 Å². The predicted octanol–water partition coefficient (Wildman–Crippen LogP) is 2.05. The Kier molecular flexibility index (Phi) is 8.72. The van der Waals surface area contributed by atoms with Crippen molar-refractivity contribution in [3.63, 3.8) is 0 Å². The normalized spacial score (nSPS) is 10.1. The summed E-state index contributed by atoms with van der Waals surface area (Å²) in [6.07, 6.45) is 2.79. The molecule has 22 heavy (non-hydrogen) atoms. The minimum atomic E-state index is -0.0491. The van der Waals surface area contributed by atoms with Gasteiger partial charge in [-0.15, -0.1) is 0 Å². The maximum absolute atomic E-state index is 11.8. The Morgan fingerprint density at radius 2 is 1.64 bits per heavy atom. The van der Waals surface area contributed by atoms with E-state index in [0.29, 0.717) is 32.5 Å². The fourth-order valence-corrected chi connectivity index (χ4v) is 1.95. The van der Waals surface area contributed by atoms with E-state index in [0.717, 1.165) is 24.2 Å². The van der Waals surface area contributed by atoms with Crippen LogP contribution in [0.5, 0.6) is 5.75 Å². The van der Waals surface area contributed by atoms with Crippen LogP contribution in [-0.4, -0.2) is 31.5 Å². The molecule has 122 valence electrons. The minimum Gasteiger partial charge on any atom is -0.494 e. The van der Waals surface area contributed by atoms with Crippen LogP contribution in [0.25, 0.3) is 0 Å². The number of ether oxygens (including phenoxy) is 1. The quantitative estimate of drug-likeness (QED) is 0.650. The van der Waals surface area contributed by atoms with Gasteiger partial charge in [0.1, 0.15) is 5.75 Å². The molecule has 5 nitrogen and oxygen atoms in total. The second kappa shape index (κ2) is 10.7. The highest BCUT2D eigenvalue weighted by Crippen LogP contribution is 2.12. The summed E-state index contributed by atoms with van der Waals surface area (Å²) < 4.78 is 5.35. The first-order chi connectivity index (χ1) is 10.7. The van der Waals surface area contributed by atoms with Gasteiger partial charge in [-0.2, -0.15) is 0 Å². The molecule has 5 heteroatoms. The van der Waals surface area contributed by atoms with Crippen molar-refractivity contribution in [1.29, 1.82) is 0 Å². The predicted molar refractivity (Wildman–Crippen MR) is 86.9 cm³/mol. The summed E-state index contributed by atoms with van der Waals surface area (Å²) in [5.74, 6) is 0.802. The Hall–Kier alpha value is -2.04. The van der Waals surface area contributed by atoms with E-state index in [1.807, 2.05) is 31.2 Å².